The molecule has 0 spiro atoms. The summed E-state index contributed by atoms with van der Waals surface area (Å²) in [6.45, 7) is 1.66. The van der Waals surface area contributed by atoms with Crippen LogP contribution in [0.4, 0.5) is 5.69 Å². The largest absolute Gasteiger partial charge is 0.476 e. The van der Waals surface area contributed by atoms with Gasteiger partial charge in [0, 0.05) is 5.02 Å². The minimum atomic E-state index is -4.02. The van der Waals surface area contributed by atoms with Gasteiger partial charge in [-0.1, -0.05) is 17.7 Å². The van der Waals surface area contributed by atoms with Crippen molar-refractivity contribution in [1.82, 2.24) is 4.98 Å². The molecule has 2 N–H and O–H groups in total. The van der Waals surface area contributed by atoms with Crippen LogP contribution in [0.15, 0.2) is 27.9 Å². The molecule has 0 aliphatic carbocycles. The highest BCUT2D eigenvalue weighted by atomic mass is 35.5. The molecule has 2 rings (SSSR count). The number of carboxylic acid groups (broad SMARTS) is 1. The third-order valence-electron chi connectivity index (χ3n) is 2.49. The number of hydrogen-bond acceptors (Lipinski definition) is 5. The lowest BCUT2D eigenvalue weighted by Gasteiger charge is -2.10. The molecule has 1 aromatic carbocycles. The number of anilines is 1. The zero-order valence-corrected chi connectivity index (χ0v) is 12.5. The smallest absolute Gasteiger partial charge is 0.356 e. The number of carboxylic acids is 1. The molecule has 0 unspecified atom stereocenters. The van der Waals surface area contributed by atoms with E-state index in [9.17, 15) is 13.2 Å². The minimum Gasteiger partial charge on any atom is -0.476 e. The van der Waals surface area contributed by atoms with Crippen LogP contribution in [0.25, 0.3) is 0 Å². The summed E-state index contributed by atoms with van der Waals surface area (Å²) in [6, 6.07) is 4.77. The molecule has 6 nitrogen and oxygen atoms in total. The van der Waals surface area contributed by atoms with Crippen molar-refractivity contribution in [3.05, 3.63) is 40.0 Å². The van der Waals surface area contributed by atoms with Gasteiger partial charge >= 0.3 is 5.97 Å². The number of nitrogens with zero attached hydrogens (tertiary/aromatic N) is 1. The lowest BCUT2D eigenvalue weighted by molar-refractivity contribution is 0.0687. The maximum absolute atomic E-state index is 12.2. The molecule has 20 heavy (non-hydrogen) atoms. The molecule has 1 heterocycles. The molecular weight excluding hydrogens is 324 g/mol. The molecule has 0 atom stereocenters. The van der Waals surface area contributed by atoms with Gasteiger partial charge in [-0.25, -0.2) is 18.2 Å². The van der Waals surface area contributed by atoms with Gasteiger partial charge in [-0.15, -0.1) is 11.3 Å². The van der Waals surface area contributed by atoms with Crippen LogP contribution in [0.3, 0.4) is 0 Å². The van der Waals surface area contributed by atoms with Gasteiger partial charge in [0.1, 0.15) is 0 Å². The summed E-state index contributed by atoms with van der Waals surface area (Å²) < 4.78 is 26.4. The molecule has 0 aliphatic heterocycles. The number of rotatable bonds is 4. The first-order valence-electron chi connectivity index (χ1n) is 5.27. The quantitative estimate of drug-likeness (QED) is 0.897. The minimum absolute atomic E-state index is 0.294. The number of hydrogen-bond donors (Lipinski definition) is 2. The number of halogens is 1. The number of thiazole rings is 1. The van der Waals surface area contributed by atoms with Gasteiger partial charge in [0.05, 0.1) is 11.2 Å². The molecule has 2 aromatic rings. The first-order valence-corrected chi connectivity index (χ1v) is 8.01. The highest BCUT2D eigenvalue weighted by molar-refractivity contribution is 7.94. The molecule has 0 radical (unpaired) electrons. The molecule has 0 bridgehead atoms. The van der Waals surface area contributed by atoms with Crippen LogP contribution in [-0.4, -0.2) is 24.5 Å². The number of sulfonamides is 1. The van der Waals surface area contributed by atoms with Gasteiger partial charge in [-0.2, -0.15) is 0 Å². The van der Waals surface area contributed by atoms with Crippen molar-refractivity contribution in [1.29, 1.82) is 0 Å². The van der Waals surface area contributed by atoms with Crippen molar-refractivity contribution >= 4 is 44.6 Å². The molecule has 0 aliphatic rings. The fourth-order valence-corrected chi connectivity index (χ4v) is 3.92. The molecule has 0 amide bonds. The second kappa shape index (κ2) is 5.39. The lowest BCUT2D eigenvalue weighted by Crippen LogP contribution is -2.16. The number of aromatic nitrogens is 1. The maximum Gasteiger partial charge on any atom is 0.356 e. The standard InChI is InChI=1S/C11H9ClN2O4S2/c1-6-7(12)3-2-4-8(6)14-20(17,18)11-9(10(15)16)13-5-19-11/h2-5,14H,1H3,(H,15,16). The Hall–Kier alpha value is -1.64. The first kappa shape index (κ1) is 14.8. The summed E-state index contributed by atoms with van der Waals surface area (Å²) in [5.41, 5.74) is 1.52. The Morgan fingerprint density at radius 2 is 2.15 bits per heavy atom. The summed E-state index contributed by atoms with van der Waals surface area (Å²) in [7, 11) is -4.02. The second-order valence-corrected chi connectivity index (χ2v) is 6.95. The summed E-state index contributed by atoms with van der Waals surface area (Å²) in [5.74, 6) is -1.39. The predicted octanol–water partition coefficient (Wildman–Crippen LogP) is 2.60. The van der Waals surface area contributed by atoms with Gasteiger partial charge in [-0.3, -0.25) is 4.72 Å². The van der Waals surface area contributed by atoms with E-state index in [0.29, 0.717) is 16.3 Å². The Bertz CT molecular complexity index is 770. The van der Waals surface area contributed by atoms with Gasteiger partial charge in [-0.05, 0) is 24.6 Å². The van der Waals surface area contributed by atoms with E-state index in [1.54, 1.807) is 25.1 Å². The van der Waals surface area contributed by atoms with Gasteiger partial charge in [0.15, 0.2) is 9.90 Å². The fourth-order valence-electron chi connectivity index (χ4n) is 1.48. The fraction of sp³-hybridized carbons (Fsp3) is 0.0909. The van der Waals surface area contributed by atoms with Crippen LogP contribution in [-0.2, 0) is 10.0 Å². The van der Waals surface area contributed by atoms with Crippen LogP contribution in [0.2, 0.25) is 5.02 Å². The SMILES string of the molecule is Cc1c(Cl)cccc1NS(=O)(=O)c1scnc1C(=O)O. The number of nitrogens with one attached hydrogen (secondary N) is 1. The first-order chi connectivity index (χ1) is 9.33. The molecule has 0 fully saturated rings. The summed E-state index contributed by atoms with van der Waals surface area (Å²) in [5, 5.41) is 9.32. The third-order valence-corrected chi connectivity index (χ3v) is 5.64. The van der Waals surface area contributed by atoms with Crippen LogP contribution >= 0.6 is 22.9 Å². The Kier molecular flexibility index (Phi) is 3.98. The molecule has 1 aromatic heterocycles. The Labute approximate surface area is 124 Å². The van der Waals surface area contributed by atoms with Crippen molar-refractivity contribution < 1.29 is 18.3 Å². The molecule has 0 saturated carbocycles. The Morgan fingerprint density at radius 1 is 1.45 bits per heavy atom. The van der Waals surface area contributed by atoms with Crippen molar-refractivity contribution in [3.8, 4) is 0 Å². The van der Waals surface area contributed by atoms with E-state index in [1.807, 2.05) is 0 Å². The van der Waals surface area contributed by atoms with E-state index in [2.05, 4.69) is 9.71 Å². The van der Waals surface area contributed by atoms with Crippen molar-refractivity contribution in [2.45, 2.75) is 11.1 Å². The Morgan fingerprint density at radius 3 is 2.80 bits per heavy atom. The number of carbonyl (C=O) groups is 1. The van der Waals surface area contributed by atoms with E-state index in [-0.39, 0.29) is 4.21 Å². The highest BCUT2D eigenvalue weighted by Crippen LogP contribution is 2.27. The van der Waals surface area contributed by atoms with E-state index >= 15 is 0 Å². The monoisotopic (exact) mass is 332 g/mol. The summed E-state index contributed by atoms with van der Waals surface area (Å²) >= 11 is 6.65. The van der Waals surface area contributed by atoms with E-state index in [4.69, 9.17) is 16.7 Å². The summed E-state index contributed by atoms with van der Waals surface area (Å²) in [6.07, 6.45) is 0. The normalized spacial score (nSPS) is 11.3. The average Bonchev–Trinajstić information content (AvgIpc) is 2.85. The third kappa shape index (κ3) is 2.77. The van der Waals surface area contributed by atoms with E-state index in [1.165, 1.54) is 5.51 Å². The molecule has 9 heteroatoms. The number of benzene rings is 1. The van der Waals surface area contributed by atoms with E-state index < -0.39 is 21.7 Å². The topological polar surface area (TPSA) is 96.4 Å². The van der Waals surface area contributed by atoms with Crippen molar-refractivity contribution in [2.75, 3.05) is 4.72 Å². The van der Waals surface area contributed by atoms with Gasteiger partial charge < -0.3 is 5.11 Å². The maximum atomic E-state index is 12.2. The zero-order valence-electron chi connectivity index (χ0n) is 10.1. The zero-order chi connectivity index (χ0) is 14.9. The summed E-state index contributed by atoms with van der Waals surface area (Å²) in [4.78, 5) is 14.5. The van der Waals surface area contributed by atoms with Crippen LogP contribution in [0.5, 0.6) is 0 Å². The van der Waals surface area contributed by atoms with Crippen molar-refractivity contribution in [3.63, 3.8) is 0 Å². The van der Waals surface area contributed by atoms with Crippen molar-refractivity contribution in [2.24, 2.45) is 0 Å². The number of aromatic carboxylic acids is 1. The average molecular weight is 333 g/mol. The predicted molar refractivity (Wildman–Crippen MR) is 76.1 cm³/mol. The molecule has 0 saturated heterocycles. The van der Waals surface area contributed by atoms with Crippen LogP contribution < -0.4 is 4.72 Å². The van der Waals surface area contributed by atoms with Crippen LogP contribution in [0, 0.1) is 6.92 Å². The van der Waals surface area contributed by atoms with Gasteiger partial charge in [0.25, 0.3) is 10.0 Å². The molecular formula is C11H9ClN2O4S2. The molecule has 106 valence electrons. The lowest BCUT2D eigenvalue weighted by atomic mass is 10.2. The van der Waals surface area contributed by atoms with Gasteiger partial charge in [0.2, 0.25) is 0 Å². The highest BCUT2D eigenvalue weighted by Gasteiger charge is 2.26. The van der Waals surface area contributed by atoms with E-state index in [0.717, 1.165) is 11.3 Å². The second-order valence-electron chi connectivity index (χ2n) is 3.81. The Balaban J connectivity index is 2.44. The van der Waals surface area contributed by atoms with Crippen LogP contribution in [0.1, 0.15) is 16.1 Å².